The van der Waals surface area contributed by atoms with Gasteiger partial charge >= 0.3 is 0 Å². The zero-order valence-electron chi connectivity index (χ0n) is 43.6. The van der Waals surface area contributed by atoms with Gasteiger partial charge < -0.3 is 4.98 Å². The molecule has 4 nitrogen and oxygen atoms in total. The van der Waals surface area contributed by atoms with Gasteiger partial charge in [0, 0.05) is 43.0 Å². The van der Waals surface area contributed by atoms with Gasteiger partial charge in [-0.3, -0.25) is 0 Å². The first-order valence-corrected chi connectivity index (χ1v) is 25.9. The van der Waals surface area contributed by atoms with Crippen LogP contribution in [0.2, 0.25) is 0 Å². The van der Waals surface area contributed by atoms with Gasteiger partial charge in [0.2, 0.25) is 0 Å². The van der Waals surface area contributed by atoms with Gasteiger partial charge in [0.05, 0.1) is 0 Å². The molecular formula is C71H57IrN4-. The topological polar surface area (TPSA) is 51.6 Å². The number of pyridine rings is 1. The summed E-state index contributed by atoms with van der Waals surface area (Å²) < 4.78 is 0. The Morgan fingerprint density at radius 3 is 1.01 bits per heavy atom. The number of aromatic nitrogens is 4. The van der Waals surface area contributed by atoms with Crippen molar-refractivity contribution in [2.45, 2.75) is 52.4 Å². The molecule has 0 aliphatic heterocycles. The van der Waals surface area contributed by atoms with Gasteiger partial charge in [0.15, 0.2) is 17.5 Å². The van der Waals surface area contributed by atoms with Crippen molar-refractivity contribution in [1.29, 1.82) is 0 Å². The summed E-state index contributed by atoms with van der Waals surface area (Å²) in [5.41, 5.74) is 20.7. The summed E-state index contributed by atoms with van der Waals surface area (Å²) in [6.45, 7) is 14.2. The molecule has 0 N–H and O–H groups in total. The van der Waals surface area contributed by atoms with Crippen molar-refractivity contribution < 1.29 is 20.1 Å². The molecule has 0 saturated carbocycles. The van der Waals surface area contributed by atoms with E-state index in [1.54, 1.807) is 0 Å². The number of nitrogens with zero attached hydrogens (tertiary/aromatic N) is 4. The van der Waals surface area contributed by atoms with Crippen LogP contribution in [-0.2, 0) is 30.9 Å². The van der Waals surface area contributed by atoms with Gasteiger partial charge in [-0.1, -0.05) is 211 Å². The Kier molecular flexibility index (Phi) is 13.2. The van der Waals surface area contributed by atoms with Gasteiger partial charge in [-0.2, -0.15) is 0 Å². The average molecular weight is 1160 g/mol. The Morgan fingerprint density at radius 1 is 0.303 bits per heavy atom. The molecule has 2 aromatic heterocycles. The van der Waals surface area contributed by atoms with Crippen LogP contribution in [0.15, 0.2) is 237 Å². The standard InChI is InChI=1S/C71H57N4.Ir/c1-69(2)63-35-33-53(45-64(63)70(3,4)71(69,5)6)65-36-34-56(46-72-65)68-74-66(54-31-19-29-51(37-54)61-41-57(47-21-11-7-12-22-47)39-58(42-61)48-23-13-8-14-24-48)73-67(75-68)55-32-20-30-52(38-55)62-43-59(49-25-15-9-16-26-49)40-60(44-62)50-27-17-10-18-28-50;/h7-32,34-46H,1-6H3;/q-1;. The second-order valence-electron chi connectivity index (χ2n) is 21.5. The van der Waals surface area contributed by atoms with Gasteiger partial charge in [0.25, 0.3) is 0 Å². The monoisotopic (exact) mass is 1160 g/mol. The van der Waals surface area contributed by atoms with Gasteiger partial charge in [-0.25, -0.2) is 15.0 Å². The van der Waals surface area contributed by atoms with Crippen LogP contribution < -0.4 is 0 Å². The van der Waals surface area contributed by atoms with Crippen LogP contribution in [0.4, 0.5) is 0 Å². The molecule has 0 saturated heterocycles. The third kappa shape index (κ3) is 9.25. The molecule has 76 heavy (non-hydrogen) atoms. The van der Waals surface area contributed by atoms with E-state index >= 15 is 0 Å². The van der Waals surface area contributed by atoms with E-state index in [1.807, 2.05) is 6.20 Å². The fraction of sp³-hybridized carbons (Fsp3) is 0.127. The van der Waals surface area contributed by atoms with Crippen molar-refractivity contribution in [1.82, 2.24) is 19.9 Å². The summed E-state index contributed by atoms with van der Waals surface area (Å²) >= 11 is 0. The Balaban J connectivity index is 0.00000616. The minimum atomic E-state index is -0.0360. The molecule has 1 radical (unpaired) electrons. The van der Waals surface area contributed by atoms with E-state index < -0.39 is 0 Å². The van der Waals surface area contributed by atoms with E-state index in [1.165, 1.54) is 11.1 Å². The smallest absolute Gasteiger partial charge is 0.165 e. The molecule has 0 unspecified atom stereocenters. The third-order valence-electron chi connectivity index (χ3n) is 16.6. The molecule has 0 amide bonds. The van der Waals surface area contributed by atoms with E-state index in [-0.39, 0.29) is 36.4 Å². The molecule has 1 aliphatic rings. The van der Waals surface area contributed by atoms with Crippen LogP contribution in [-0.4, -0.2) is 19.9 Å². The summed E-state index contributed by atoms with van der Waals surface area (Å²) in [6.07, 6.45) is 1.89. The maximum absolute atomic E-state index is 5.32. The predicted molar refractivity (Wildman–Crippen MR) is 311 cm³/mol. The Morgan fingerprint density at radius 2 is 0.632 bits per heavy atom. The fourth-order valence-electron chi connectivity index (χ4n) is 11.0. The van der Waals surface area contributed by atoms with Crippen molar-refractivity contribution in [3.8, 4) is 112 Å². The average Bonchev–Trinajstić information content (AvgIpc) is 3.68. The zero-order valence-corrected chi connectivity index (χ0v) is 46.0. The molecular weight excluding hydrogens is 1100 g/mol. The summed E-state index contributed by atoms with van der Waals surface area (Å²) in [5, 5.41) is 0. The number of hydrogen-bond acceptors (Lipinski definition) is 4. The van der Waals surface area contributed by atoms with E-state index in [2.05, 4.69) is 278 Å². The van der Waals surface area contributed by atoms with Gasteiger partial charge in [0.1, 0.15) is 0 Å². The minimum absolute atomic E-state index is 0. The number of rotatable bonds is 10. The van der Waals surface area contributed by atoms with Gasteiger partial charge in [-0.15, -0.1) is 34.9 Å². The molecule has 1 aliphatic carbocycles. The maximum Gasteiger partial charge on any atom is 0.165 e. The Bertz CT molecular complexity index is 3580. The molecule has 5 heteroatoms. The Hall–Kier alpha value is -8.21. The van der Waals surface area contributed by atoms with Crippen LogP contribution in [0.5, 0.6) is 0 Å². The summed E-state index contributed by atoms with van der Waals surface area (Å²) in [7, 11) is 0. The van der Waals surface area contributed by atoms with Crippen molar-refractivity contribution in [3.05, 3.63) is 254 Å². The van der Waals surface area contributed by atoms with Crippen LogP contribution in [0.3, 0.4) is 0 Å². The molecule has 2 heterocycles. The molecule has 0 fully saturated rings. The molecule has 11 aromatic rings. The molecule has 0 bridgehead atoms. The summed E-state index contributed by atoms with van der Waals surface area (Å²) in [5.74, 6) is 1.69. The first-order chi connectivity index (χ1) is 36.4. The molecule has 0 spiro atoms. The quantitative estimate of drug-likeness (QED) is 0.128. The van der Waals surface area contributed by atoms with Crippen LogP contribution in [0.1, 0.15) is 52.7 Å². The second-order valence-corrected chi connectivity index (χ2v) is 21.5. The number of benzene rings is 9. The fourth-order valence-corrected chi connectivity index (χ4v) is 11.0. The van der Waals surface area contributed by atoms with E-state index in [0.717, 1.165) is 94.7 Å². The number of hydrogen-bond donors (Lipinski definition) is 0. The van der Waals surface area contributed by atoms with Crippen molar-refractivity contribution in [2.75, 3.05) is 0 Å². The molecule has 0 atom stereocenters. The zero-order chi connectivity index (χ0) is 51.3. The largest absolute Gasteiger partial charge is 0.304 e. The number of fused-ring (bicyclic) bond motifs is 1. The summed E-state index contributed by atoms with van der Waals surface area (Å²) in [6, 6.07) is 85.4. The van der Waals surface area contributed by atoms with Gasteiger partial charge in [-0.05, 0) is 137 Å². The summed E-state index contributed by atoms with van der Waals surface area (Å²) in [4.78, 5) is 20.9. The first-order valence-electron chi connectivity index (χ1n) is 25.9. The SMILES string of the molecule is CC1(C)c2c[c-]c(-c3ccc(-c4nc(-c5cccc(-c6cc(-c7ccccc7)cc(-c7ccccc7)c6)c5)nc(-c5cccc(-c6cc(-c7ccccc7)cc(-c7ccccc7)c6)c5)n4)cn3)cc2C(C)(C)C1(C)C.[Ir]. The van der Waals surface area contributed by atoms with E-state index in [9.17, 15) is 0 Å². The van der Waals surface area contributed by atoms with E-state index in [4.69, 9.17) is 19.9 Å². The minimum Gasteiger partial charge on any atom is -0.304 e. The first kappa shape index (κ1) is 50.0. The second kappa shape index (κ2) is 20.1. The molecule has 371 valence electrons. The van der Waals surface area contributed by atoms with Crippen LogP contribution >= 0.6 is 0 Å². The van der Waals surface area contributed by atoms with Crippen LogP contribution in [0.25, 0.3) is 112 Å². The van der Waals surface area contributed by atoms with E-state index in [0.29, 0.717) is 17.5 Å². The third-order valence-corrected chi connectivity index (χ3v) is 16.6. The molecule has 12 rings (SSSR count). The predicted octanol–water partition coefficient (Wildman–Crippen LogP) is 18.3. The normalized spacial score (nSPS) is 13.9. The van der Waals surface area contributed by atoms with Crippen molar-refractivity contribution in [2.24, 2.45) is 5.41 Å². The van der Waals surface area contributed by atoms with Crippen molar-refractivity contribution >= 4 is 0 Å². The maximum atomic E-state index is 5.32. The van der Waals surface area contributed by atoms with Crippen molar-refractivity contribution in [3.63, 3.8) is 0 Å². The van der Waals surface area contributed by atoms with Crippen LogP contribution in [0, 0.1) is 11.5 Å². The molecule has 9 aromatic carbocycles. The Labute approximate surface area is 461 Å².